The molecule has 0 N–H and O–H groups in total. The van der Waals surface area contributed by atoms with Gasteiger partial charge in [-0.25, -0.2) is 13.2 Å². The summed E-state index contributed by atoms with van der Waals surface area (Å²) < 4.78 is 42.6. The summed E-state index contributed by atoms with van der Waals surface area (Å²) in [5.74, 6) is -3.43. The first kappa shape index (κ1) is 8.97. The SMILES string of the molecule is Bc1c(F)c(F)cc(OC)c1F. The van der Waals surface area contributed by atoms with Gasteiger partial charge in [0.15, 0.2) is 23.2 Å². The van der Waals surface area contributed by atoms with Crippen molar-refractivity contribution in [2.75, 3.05) is 7.11 Å². The summed E-state index contributed by atoms with van der Waals surface area (Å²) in [7, 11) is 2.34. The van der Waals surface area contributed by atoms with E-state index < -0.39 is 17.5 Å². The fourth-order valence-corrected chi connectivity index (χ4v) is 0.851. The summed E-state index contributed by atoms with van der Waals surface area (Å²) in [6.45, 7) is 0. The van der Waals surface area contributed by atoms with Crippen molar-refractivity contribution in [2.24, 2.45) is 0 Å². The monoisotopic (exact) mass is 174 g/mol. The predicted octanol–water partition coefficient (Wildman–Crippen LogP) is 0.371. The van der Waals surface area contributed by atoms with Gasteiger partial charge in [0.05, 0.1) is 7.11 Å². The average molecular weight is 174 g/mol. The molecule has 0 aliphatic rings. The molecule has 0 saturated heterocycles. The Balaban J connectivity index is 3.39. The highest BCUT2D eigenvalue weighted by atomic mass is 19.2. The second-order valence-corrected chi connectivity index (χ2v) is 2.31. The Hall–Kier alpha value is -1.13. The van der Waals surface area contributed by atoms with E-state index in [2.05, 4.69) is 4.74 Å². The molecule has 0 saturated carbocycles. The van der Waals surface area contributed by atoms with Crippen LogP contribution < -0.4 is 10.2 Å². The van der Waals surface area contributed by atoms with E-state index in [1.54, 1.807) is 0 Å². The summed E-state index contributed by atoms with van der Waals surface area (Å²) in [4.78, 5) is 0. The zero-order valence-electron chi connectivity index (χ0n) is 6.62. The molecule has 1 aromatic rings. The standard InChI is InChI=1S/C7H6BF3O/c1-12-4-2-3(9)6(10)5(8)7(4)11/h2H,8H2,1H3. The lowest BCUT2D eigenvalue weighted by Crippen LogP contribution is -2.17. The van der Waals surface area contributed by atoms with E-state index in [0.717, 1.165) is 7.85 Å². The van der Waals surface area contributed by atoms with E-state index in [1.807, 2.05) is 0 Å². The third-order valence-electron chi connectivity index (χ3n) is 1.56. The van der Waals surface area contributed by atoms with Crippen LogP contribution in [0.1, 0.15) is 0 Å². The quantitative estimate of drug-likeness (QED) is 0.441. The smallest absolute Gasteiger partial charge is 0.162 e. The fourth-order valence-electron chi connectivity index (χ4n) is 0.851. The molecule has 1 aromatic carbocycles. The first-order valence-corrected chi connectivity index (χ1v) is 3.26. The summed E-state index contributed by atoms with van der Waals surface area (Å²) >= 11 is 0. The van der Waals surface area contributed by atoms with Crippen molar-refractivity contribution in [3.05, 3.63) is 23.5 Å². The highest BCUT2D eigenvalue weighted by molar-refractivity contribution is 6.32. The average Bonchev–Trinajstić information content (AvgIpc) is 2.08. The Kier molecular flexibility index (Phi) is 2.31. The molecule has 0 aliphatic heterocycles. The van der Waals surface area contributed by atoms with Gasteiger partial charge in [0.2, 0.25) is 0 Å². The largest absolute Gasteiger partial charge is 0.494 e. The summed E-state index contributed by atoms with van der Waals surface area (Å²) in [5, 5.41) is 0. The van der Waals surface area contributed by atoms with E-state index in [0.29, 0.717) is 6.07 Å². The molecular weight excluding hydrogens is 168 g/mol. The van der Waals surface area contributed by atoms with E-state index >= 15 is 0 Å². The van der Waals surface area contributed by atoms with Crippen molar-refractivity contribution in [1.82, 2.24) is 0 Å². The van der Waals surface area contributed by atoms with E-state index in [-0.39, 0.29) is 11.2 Å². The number of hydrogen-bond donors (Lipinski definition) is 0. The number of hydrogen-bond acceptors (Lipinski definition) is 1. The zero-order chi connectivity index (χ0) is 9.30. The highest BCUT2D eigenvalue weighted by Gasteiger charge is 2.14. The Labute approximate surface area is 68.6 Å². The summed E-state index contributed by atoms with van der Waals surface area (Å²) in [6, 6.07) is 0.678. The topological polar surface area (TPSA) is 9.23 Å². The van der Waals surface area contributed by atoms with Crippen molar-refractivity contribution >= 4 is 13.3 Å². The number of benzene rings is 1. The van der Waals surface area contributed by atoms with Crippen LogP contribution in [0, 0.1) is 17.5 Å². The zero-order valence-corrected chi connectivity index (χ0v) is 6.62. The Morgan fingerprint density at radius 2 is 1.83 bits per heavy atom. The van der Waals surface area contributed by atoms with E-state index in [4.69, 9.17) is 0 Å². The maximum atomic E-state index is 12.9. The van der Waals surface area contributed by atoms with Crippen molar-refractivity contribution < 1.29 is 17.9 Å². The van der Waals surface area contributed by atoms with Crippen LogP contribution >= 0.6 is 0 Å². The molecule has 5 heteroatoms. The first-order chi connectivity index (χ1) is 5.57. The van der Waals surface area contributed by atoms with Gasteiger partial charge in [-0.15, -0.1) is 0 Å². The second kappa shape index (κ2) is 3.09. The molecule has 0 heterocycles. The molecule has 0 radical (unpaired) electrons. The molecule has 0 atom stereocenters. The Morgan fingerprint density at radius 3 is 2.33 bits per heavy atom. The molecule has 12 heavy (non-hydrogen) atoms. The van der Waals surface area contributed by atoms with Gasteiger partial charge >= 0.3 is 0 Å². The molecule has 0 unspecified atom stereocenters. The molecular formula is C7H6BF3O. The number of methoxy groups -OCH3 is 1. The molecule has 0 aliphatic carbocycles. The van der Waals surface area contributed by atoms with Crippen LogP contribution in [-0.4, -0.2) is 15.0 Å². The van der Waals surface area contributed by atoms with Crippen LogP contribution in [0.2, 0.25) is 0 Å². The lowest BCUT2D eigenvalue weighted by Gasteiger charge is -2.05. The van der Waals surface area contributed by atoms with Crippen molar-refractivity contribution in [2.45, 2.75) is 0 Å². The summed E-state index contributed by atoms with van der Waals surface area (Å²) in [6.07, 6.45) is 0. The number of rotatable bonds is 1. The van der Waals surface area contributed by atoms with E-state index in [9.17, 15) is 13.2 Å². The Bertz CT molecular complexity index is 314. The van der Waals surface area contributed by atoms with Gasteiger partial charge in [0.1, 0.15) is 7.85 Å². The van der Waals surface area contributed by atoms with Crippen LogP contribution in [0.15, 0.2) is 6.07 Å². The minimum atomic E-state index is -1.17. The van der Waals surface area contributed by atoms with E-state index in [1.165, 1.54) is 7.11 Å². The van der Waals surface area contributed by atoms with Gasteiger partial charge < -0.3 is 4.74 Å². The van der Waals surface area contributed by atoms with Gasteiger partial charge in [-0.3, -0.25) is 0 Å². The highest BCUT2D eigenvalue weighted by Crippen LogP contribution is 2.17. The molecule has 1 nitrogen and oxygen atoms in total. The lowest BCUT2D eigenvalue weighted by atomic mass is 9.94. The predicted molar refractivity (Wildman–Crippen MR) is 41.0 cm³/mol. The van der Waals surface area contributed by atoms with Crippen LogP contribution in [0.4, 0.5) is 13.2 Å². The van der Waals surface area contributed by atoms with Crippen molar-refractivity contribution in [3.8, 4) is 5.75 Å². The second-order valence-electron chi connectivity index (χ2n) is 2.31. The maximum Gasteiger partial charge on any atom is 0.162 e. The molecule has 0 amide bonds. The maximum absolute atomic E-state index is 12.9. The van der Waals surface area contributed by atoms with Gasteiger partial charge in [0, 0.05) is 6.07 Å². The minimum Gasteiger partial charge on any atom is -0.494 e. The third kappa shape index (κ3) is 1.26. The lowest BCUT2D eigenvalue weighted by molar-refractivity contribution is 0.379. The van der Waals surface area contributed by atoms with Crippen LogP contribution in [-0.2, 0) is 0 Å². The van der Waals surface area contributed by atoms with Gasteiger partial charge in [-0.05, 0) is 5.46 Å². The van der Waals surface area contributed by atoms with Crippen LogP contribution in [0.25, 0.3) is 0 Å². The molecule has 0 fully saturated rings. The molecule has 0 aromatic heterocycles. The van der Waals surface area contributed by atoms with Crippen LogP contribution in [0.5, 0.6) is 5.75 Å². The number of halogens is 3. The normalized spacial score (nSPS) is 10.0. The Morgan fingerprint density at radius 1 is 1.25 bits per heavy atom. The fraction of sp³-hybridized carbons (Fsp3) is 0.143. The molecule has 0 spiro atoms. The van der Waals surface area contributed by atoms with Gasteiger partial charge in [-0.1, -0.05) is 0 Å². The van der Waals surface area contributed by atoms with Crippen molar-refractivity contribution in [3.63, 3.8) is 0 Å². The van der Waals surface area contributed by atoms with Crippen molar-refractivity contribution in [1.29, 1.82) is 0 Å². The molecule has 1 rings (SSSR count). The third-order valence-corrected chi connectivity index (χ3v) is 1.56. The number of ether oxygens (including phenoxy) is 1. The first-order valence-electron chi connectivity index (χ1n) is 3.26. The van der Waals surface area contributed by atoms with Gasteiger partial charge in [-0.2, -0.15) is 0 Å². The molecule has 0 bridgehead atoms. The van der Waals surface area contributed by atoms with Gasteiger partial charge in [0.25, 0.3) is 0 Å². The summed E-state index contributed by atoms with van der Waals surface area (Å²) in [5.41, 5.74) is -0.369. The van der Waals surface area contributed by atoms with Crippen LogP contribution in [0.3, 0.4) is 0 Å². The minimum absolute atomic E-state index is 0.286. The molecule has 64 valence electrons.